The van der Waals surface area contributed by atoms with Gasteiger partial charge in [0.05, 0.1) is 33.0 Å². The second kappa shape index (κ2) is 9.01. The number of carbonyl (C=O) groups is 1. The van der Waals surface area contributed by atoms with Gasteiger partial charge >= 0.3 is 0 Å². The van der Waals surface area contributed by atoms with E-state index in [0.717, 1.165) is 6.26 Å². The van der Waals surface area contributed by atoms with Gasteiger partial charge in [0.2, 0.25) is 15.9 Å². The fourth-order valence-corrected chi connectivity index (χ4v) is 6.82. The van der Waals surface area contributed by atoms with E-state index in [9.17, 15) is 21.6 Å². The normalized spacial score (nSPS) is 17.7. The summed E-state index contributed by atoms with van der Waals surface area (Å²) in [6.07, 6.45) is 2.25. The van der Waals surface area contributed by atoms with Gasteiger partial charge < -0.3 is 10.1 Å². The molecule has 2 heterocycles. The van der Waals surface area contributed by atoms with Gasteiger partial charge in [-0.2, -0.15) is 4.31 Å². The summed E-state index contributed by atoms with van der Waals surface area (Å²) in [5.41, 5.74) is 0.579. The predicted molar refractivity (Wildman–Crippen MR) is 126 cm³/mol. The lowest BCUT2D eigenvalue weighted by Gasteiger charge is -2.31. The maximum atomic E-state index is 13.0. The highest BCUT2D eigenvalue weighted by Crippen LogP contribution is 2.30. The molecule has 33 heavy (non-hydrogen) atoms. The Morgan fingerprint density at radius 3 is 2.48 bits per heavy atom. The highest BCUT2D eigenvalue weighted by atomic mass is 32.2. The number of anilines is 1. The first-order valence-corrected chi connectivity index (χ1v) is 14.3. The molecule has 3 aromatic rings. The van der Waals surface area contributed by atoms with Crippen molar-refractivity contribution in [2.45, 2.75) is 22.6 Å². The molecule has 1 unspecified atom stereocenters. The molecule has 1 saturated heterocycles. The number of ether oxygens (including phenoxy) is 1. The summed E-state index contributed by atoms with van der Waals surface area (Å²) in [6.45, 7) is 0.414. The molecule has 9 nitrogen and oxygen atoms in total. The summed E-state index contributed by atoms with van der Waals surface area (Å²) in [4.78, 5) is 17.6. The predicted octanol–water partition coefficient (Wildman–Crippen LogP) is 2.75. The minimum atomic E-state index is -3.74. The Bertz CT molecular complexity index is 1400. The van der Waals surface area contributed by atoms with Crippen LogP contribution in [0.3, 0.4) is 0 Å². The molecule has 0 bridgehead atoms. The number of nitrogens with one attached hydrogen (secondary N) is 1. The van der Waals surface area contributed by atoms with Gasteiger partial charge in [-0.25, -0.2) is 21.8 Å². The van der Waals surface area contributed by atoms with Gasteiger partial charge in [0.25, 0.3) is 0 Å². The van der Waals surface area contributed by atoms with Crippen LogP contribution in [0, 0.1) is 5.92 Å². The van der Waals surface area contributed by atoms with E-state index in [1.165, 1.54) is 47.0 Å². The Hall–Kier alpha value is -2.54. The van der Waals surface area contributed by atoms with E-state index in [-0.39, 0.29) is 22.2 Å². The van der Waals surface area contributed by atoms with Crippen molar-refractivity contribution in [1.29, 1.82) is 0 Å². The molecule has 1 amide bonds. The quantitative estimate of drug-likeness (QED) is 0.542. The summed E-state index contributed by atoms with van der Waals surface area (Å²) >= 11 is 1.18. The van der Waals surface area contributed by atoms with E-state index in [1.807, 2.05) is 0 Å². The molecule has 1 aliphatic heterocycles. The van der Waals surface area contributed by atoms with Crippen LogP contribution in [0.2, 0.25) is 0 Å². The third-order valence-corrected chi connectivity index (χ3v) is 9.39. The Balaban J connectivity index is 1.48. The molecule has 1 atom stereocenters. The van der Waals surface area contributed by atoms with Crippen LogP contribution in [0.1, 0.15) is 12.8 Å². The number of methoxy groups -OCH3 is 1. The van der Waals surface area contributed by atoms with Crippen molar-refractivity contribution in [2.75, 3.05) is 31.8 Å². The van der Waals surface area contributed by atoms with Crippen molar-refractivity contribution in [3.8, 4) is 5.75 Å². The zero-order chi connectivity index (χ0) is 23.8. The molecule has 1 fully saturated rings. The topological polar surface area (TPSA) is 123 Å². The number of benzene rings is 2. The van der Waals surface area contributed by atoms with Gasteiger partial charge in [0.15, 0.2) is 15.0 Å². The molecule has 1 aromatic heterocycles. The minimum absolute atomic E-state index is 0.0727. The van der Waals surface area contributed by atoms with Crippen LogP contribution in [0.15, 0.2) is 52.3 Å². The second-order valence-corrected chi connectivity index (χ2v) is 12.8. The van der Waals surface area contributed by atoms with Crippen LogP contribution in [-0.4, -0.2) is 58.5 Å². The zero-order valence-electron chi connectivity index (χ0n) is 18.0. The summed E-state index contributed by atoms with van der Waals surface area (Å²) in [5, 5.41) is 3.11. The van der Waals surface area contributed by atoms with Crippen LogP contribution >= 0.6 is 11.3 Å². The third kappa shape index (κ3) is 5.03. The highest BCUT2D eigenvalue weighted by Gasteiger charge is 2.33. The van der Waals surface area contributed by atoms with Crippen molar-refractivity contribution >= 4 is 52.5 Å². The van der Waals surface area contributed by atoms with Crippen LogP contribution in [-0.2, 0) is 24.7 Å². The first kappa shape index (κ1) is 23.6. The minimum Gasteiger partial charge on any atom is -0.497 e. The molecule has 176 valence electrons. The van der Waals surface area contributed by atoms with E-state index >= 15 is 0 Å². The number of carbonyl (C=O) groups excluding carboxylic acids is 1. The number of aromatic nitrogens is 1. The molecule has 1 aliphatic rings. The first-order valence-electron chi connectivity index (χ1n) is 10.1. The Labute approximate surface area is 196 Å². The van der Waals surface area contributed by atoms with E-state index in [0.29, 0.717) is 40.5 Å². The largest absolute Gasteiger partial charge is 0.497 e. The van der Waals surface area contributed by atoms with Crippen molar-refractivity contribution < 1.29 is 26.4 Å². The third-order valence-electron chi connectivity index (χ3n) is 5.47. The van der Waals surface area contributed by atoms with Crippen molar-refractivity contribution in [3.05, 3.63) is 42.5 Å². The Morgan fingerprint density at radius 1 is 1.12 bits per heavy atom. The lowest BCUT2D eigenvalue weighted by molar-refractivity contribution is -0.120. The fourth-order valence-electron chi connectivity index (χ4n) is 3.67. The van der Waals surface area contributed by atoms with Crippen LogP contribution in [0.25, 0.3) is 10.2 Å². The van der Waals surface area contributed by atoms with Gasteiger partial charge in [0.1, 0.15) is 5.75 Å². The van der Waals surface area contributed by atoms with Crippen molar-refractivity contribution in [3.63, 3.8) is 0 Å². The molecule has 12 heteroatoms. The molecular formula is C21H23N3O6S3. The van der Waals surface area contributed by atoms with E-state index in [1.54, 1.807) is 18.2 Å². The lowest BCUT2D eigenvalue weighted by atomic mass is 9.99. The number of hydrogen-bond acceptors (Lipinski definition) is 8. The lowest BCUT2D eigenvalue weighted by Crippen LogP contribution is -2.43. The molecule has 0 spiro atoms. The standard InChI is InChI=1S/C21H23N3O6S3/c1-30-15-5-7-16(8-6-15)33(28,29)24-11-3-4-14(13-24)20(25)23-21-22-18-10-9-17(32(2,26)27)12-19(18)31-21/h5-10,12,14H,3-4,11,13H2,1-2H3,(H,22,23,25). The number of thiazole rings is 1. The zero-order valence-corrected chi connectivity index (χ0v) is 20.5. The molecule has 0 radical (unpaired) electrons. The maximum absolute atomic E-state index is 13.0. The van der Waals surface area contributed by atoms with Gasteiger partial charge in [-0.1, -0.05) is 11.3 Å². The van der Waals surface area contributed by atoms with E-state index < -0.39 is 25.8 Å². The SMILES string of the molecule is COc1ccc(S(=O)(=O)N2CCCC(C(=O)Nc3nc4ccc(S(C)(=O)=O)cc4s3)C2)cc1. The van der Waals surface area contributed by atoms with Crippen LogP contribution < -0.4 is 10.1 Å². The number of rotatable bonds is 6. The van der Waals surface area contributed by atoms with Gasteiger partial charge in [-0.05, 0) is 55.3 Å². The Kier molecular flexibility index (Phi) is 6.45. The number of sulfonamides is 1. The summed E-state index contributed by atoms with van der Waals surface area (Å²) < 4.78 is 56.7. The molecule has 0 saturated carbocycles. The summed E-state index contributed by atoms with van der Waals surface area (Å²) in [5.74, 6) is -0.276. The number of amides is 1. The monoisotopic (exact) mass is 509 g/mol. The first-order chi connectivity index (χ1) is 15.6. The highest BCUT2D eigenvalue weighted by molar-refractivity contribution is 7.90. The Morgan fingerprint density at radius 2 is 1.82 bits per heavy atom. The number of hydrogen-bond donors (Lipinski definition) is 1. The van der Waals surface area contributed by atoms with Crippen LogP contribution in [0.5, 0.6) is 5.75 Å². The van der Waals surface area contributed by atoms with Gasteiger partial charge in [-0.3, -0.25) is 4.79 Å². The molecule has 2 aromatic carbocycles. The van der Waals surface area contributed by atoms with Gasteiger partial charge in [0, 0.05) is 19.3 Å². The van der Waals surface area contributed by atoms with E-state index in [2.05, 4.69) is 10.3 Å². The fraction of sp³-hybridized carbons (Fsp3) is 0.333. The van der Waals surface area contributed by atoms with Gasteiger partial charge in [-0.15, -0.1) is 0 Å². The summed E-state index contributed by atoms with van der Waals surface area (Å²) in [7, 11) is -5.58. The average molecular weight is 510 g/mol. The van der Waals surface area contributed by atoms with E-state index in [4.69, 9.17) is 4.74 Å². The smallest absolute Gasteiger partial charge is 0.243 e. The second-order valence-electron chi connectivity index (χ2n) is 7.79. The molecular weight excluding hydrogens is 486 g/mol. The van der Waals surface area contributed by atoms with Crippen LogP contribution in [0.4, 0.5) is 5.13 Å². The van der Waals surface area contributed by atoms with Crippen molar-refractivity contribution in [1.82, 2.24) is 9.29 Å². The number of sulfone groups is 1. The molecule has 0 aliphatic carbocycles. The molecule has 1 N–H and O–H groups in total. The number of fused-ring (bicyclic) bond motifs is 1. The number of nitrogens with zero attached hydrogens (tertiary/aromatic N) is 2. The maximum Gasteiger partial charge on any atom is 0.243 e. The number of piperidine rings is 1. The molecule has 4 rings (SSSR count). The summed E-state index contributed by atoms with van der Waals surface area (Å²) in [6, 6.07) is 10.8. The average Bonchev–Trinajstić information content (AvgIpc) is 3.20. The van der Waals surface area contributed by atoms with Crippen molar-refractivity contribution in [2.24, 2.45) is 5.92 Å².